The number of nitro groups is 1. The van der Waals surface area contributed by atoms with Crippen molar-refractivity contribution in [2.75, 3.05) is 6.54 Å². The summed E-state index contributed by atoms with van der Waals surface area (Å²) in [5.41, 5.74) is 0. The molecule has 0 aromatic heterocycles. The second-order valence-corrected chi connectivity index (χ2v) is 0.813. The normalized spacial score (nSPS) is 8.50. The van der Waals surface area contributed by atoms with E-state index in [2.05, 4.69) is 5.16 Å². The molecule has 0 heterocycles. The zero-order valence-electron chi connectivity index (χ0n) is 3.94. The van der Waals surface area contributed by atoms with Crippen LogP contribution >= 0.6 is 0 Å². The van der Waals surface area contributed by atoms with Gasteiger partial charge in [0.1, 0.15) is 6.21 Å². The molecule has 0 aromatic carbocycles. The van der Waals surface area contributed by atoms with Gasteiger partial charge in [-0.3, -0.25) is 10.1 Å². The van der Waals surface area contributed by atoms with Crippen LogP contribution in [0.1, 0.15) is 0 Å². The molecule has 0 aromatic rings. The summed E-state index contributed by atoms with van der Waals surface area (Å²) in [4.78, 5) is 8.76. The molecule has 44 valence electrons. The Hall–Kier alpha value is -0.208. The van der Waals surface area contributed by atoms with Crippen molar-refractivity contribution in [3.05, 3.63) is 10.1 Å². The third-order valence-electron chi connectivity index (χ3n) is 0.312. The Balaban J connectivity index is 0. The minimum absolute atomic E-state index is 0. The first kappa shape index (κ1) is 10.7. The molecule has 0 saturated carbocycles. The van der Waals surface area contributed by atoms with Gasteiger partial charge in [0.25, 0.3) is 0 Å². The fourth-order valence-electron chi connectivity index (χ4n) is 0.103. The van der Waals surface area contributed by atoms with Crippen LogP contribution in [-0.4, -0.2) is 50.2 Å². The Morgan fingerprint density at radius 1 is 1.88 bits per heavy atom. The fraction of sp³-hybridized carbons (Fsp3) is 0.500. The summed E-state index contributed by atoms with van der Waals surface area (Å²) in [5.74, 6) is 0. The van der Waals surface area contributed by atoms with Crippen molar-refractivity contribution >= 4 is 33.5 Å². The minimum atomic E-state index is -0.598. The van der Waals surface area contributed by atoms with Crippen LogP contribution in [0.25, 0.3) is 0 Å². The average Bonchev–Trinajstić information content (AvgIpc) is 1.61. The zero-order valence-corrected chi connectivity index (χ0v) is 7.83. The van der Waals surface area contributed by atoms with Gasteiger partial charge in [-0.25, -0.2) is 0 Å². The van der Waals surface area contributed by atoms with Crippen LogP contribution in [-0.2, 0) is 0 Å². The number of rotatable bonds is 2. The number of hydrogen-bond donors (Lipinski definition) is 1. The summed E-state index contributed by atoms with van der Waals surface area (Å²) in [7, 11) is 0. The summed E-state index contributed by atoms with van der Waals surface area (Å²) >= 11 is 0. The van der Waals surface area contributed by atoms with Crippen LogP contribution < -0.4 is 0 Å². The van der Waals surface area contributed by atoms with Gasteiger partial charge in [-0.2, -0.15) is 0 Å². The smallest absolute Gasteiger partial charge is 0.242 e. The van der Waals surface area contributed by atoms with Crippen LogP contribution in [0.4, 0.5) is 0 Å². The maximum absolute atomic E-state index is 9.36. The van der Waals surface area contributed by atoms with Crippen LogP contribution in [0.2, 0.25) is 0 Å². The Morgan fingerprint density at radius 3 is 2.50 bits per heavy atom. The monoisotopic (exact) mass is 312 g/mol. The molecule has 4 radical (unpaired) electrons. The van der Waals surface area contributed by atoms with E-state index in [9.17, 15) is 10.1 Å². The van der Waals surface area contributed by atoms with Gasteiger partial charge in [0.05, 0.1) is 0 Å². The van der Waals surface area contributed by atoms with E-state index in [1.807, 2.05) is 0 Å². The number of hydrogen-bond acceptors (Lipinski definition) is 4. The van der Waals surface area contributed by atoms with Crippen molar-refractivity contribution in [1.82, 2.24) is 0 Å². The van der Waals surface area contributed by atoms with Crippen molar-refractivity contribution in [2.24, 2.45) is 5.16 Å². The third kappa shape index (κ3) is 9.25. The van der Waals surface area contributed by atoms with E-state index in [4.69, 9.17) is 5.21 Å². The first-order chi connectivity index (χ1) is 3.27. The van der Waals surface area contributed by atoms with E-state index in [0.717, 1.165) is 6.21 Å². The molecule has 0 aliphatic heterocycles. The first-order valence-corrected chi connectivity index (χ1v) is 1.55. The topological polar surface area (TPSA) is 75.7 Å². The van der Waals surface area contributed by atoms with Crippen molar-refractivity contribution in [3.8, 4) is 0 Å². The molecule has 0 spiro atoms. The molecule has 0 unspecified atom stereocenters. The van der Waals surface area contributed by atoms with E-state index >= 15 is 0 Å². The van der Waals surface area contributed by atoms with E-state index in [1.54, 1.807) is 0 Å². The van der Waals surface area contributed by atoms with Crippen molar-refractivity contribution < 1.29 is 10.1 Å². The standard InChI is InChI=1S/C2H4N2O3.Pb/c5-3-1-2-4(6)7;/h1,5H,2H2;. The maximum Gasteiger partial charge on any atom is 0.242 e. The molecule has 8 heavy (non-hydrogen) atoms. The van der Waals surface area contributed by atoms with Crippen molar-refractivity contribution in [1.29, 1.82) is 0 Å². The summed E-state index contributed by atoms with van der Waals surface area (Å²) in [6.07, 6.45) is 0.806. The first-order valence-electron chi connectivity index (χ1n) is 1.55. The zero-order chi connectivity index (χ0) is 5.70. The summed E-state index contributed by atoms with van der Waals surface area (Å²) < 4.78 is 0. The van der Waals surface area contributed by atoms with Gasteiger partial charge in [0.2, 0.25) is 6.54 Å². The number of nitrogens with zero attached hydrogens (tertiary/aromatic N) is 2. The molecule has 0 fully saturated rings. The largest absolute Gasteiger partial charge is 0.411 e. The van der Waals surface area contributed by atoms with Crippen LogP contribution in [0.3, 0.4) is 0 Å². The Bertz CT molecular complexity index is 93.3. The van der Waals surface area contributed by atoms with Gasteiger partial charge in [-0.1, -0.05) is 5.16 Å². The molecular weight excluding hydrogens is 307 g/mol. The van der Waals surface area contributed by atoms with Crippen molar-refractivity contribution in [3.63, 3.8) is 0 Å². The molecule has 0 saturated heterocycles. The quantitative estimate of drug-likeness (QED) is 0.242. The molecule has 0 amide bonds. The summed E-state index contributed by atoms with van der Waals surface area (Å²) in [5, 5.41) is 19.4. The van der Waals surface area contributed by atoms with E-state index in [0.29, 0.717) is 0 Å². The molecule has 0 rings (SSSR count). The second-order valence-electron chi connectivity index (χ2n) is 0.813. The Labute approximate surface area is 65.7 Å². The van der Waals surface area contributed by atoms with Gasteiger partial charge < -0.3 is 5.21 Å². The van der Waals surface area contributed by atoms with Crippen molar-refractivity contribution in [2.45, 2.75) is 0 Å². The number of oxime groups is 1. The van der Waals surface area contributed by atoms with Crippen LogP contribution in [0, 0.1) is 10.1 Å². The van der Waals surface area contributed by atoms with E-state index in [1.165, 1.54) is 0 Å². The molecule has 0 aliphatic carbocycles. The summed E-state index contributed by atoms with van der Waals surface area (Å²) in [6, 6.07) is 0. The Kier molecular flexibility index (Phi) is 9.10. The average molecular weight is 311 g/mol. The predicted molar refractivity (Wildman–Crippen MR) is 27.9 cm³/mol. The van der Waals surface area contributed by atoms with Gasteiger partial charge in [-0.05, 0) is 0 Å². The Morgan fingerprint density at radius 2 is 2.38 bits per heavy atom. The summed E-state index contributed by atoms with van der Waals surface area (Å²) in [6.45, 7) is -0.420. The molecule has 1 N–H and O–H groups in total. The molecule has 0 aliphatic rings. The molecule has 6 heteroatoms. The van der Waals surface area contributed by atoms with Crippen LogP contribution in [0.5, 0.6) is 0 Å². The fourth-order valence-corrected chi connectivity index (χ4v) is 0.103. The maximum atomic E-state index is 9.36. The van der Waals surface area contributed by atoms with Crippen LogP contribution in [0.15, 0.2) is 5.16 Å². The molecule has 0 atom stereocenters. The van der Waals surface area contributed by atoms with Gasteiger partial charge >= 0.3 is 0 Å². The minimum Gasteiger partial charge on any atom is -0.411 e. The molecule has 5 nitrogen and oxygen atoms in total. The molecular formula is C2H4N2O3Pb. The SMILES string of the molecule is O=[N+]([O-])CC=NO.[Pb]. The van der Waals surface area contributed by atoms with Gasteiger partial charge in [0.15, 0.2) is 0 Å². The second kappa shape index (κ2) is 6.79. The van der Waals surface area contributed by atoms with E-state index in [-0.39, 0.29) is 27.3 Å². The van der Waals surface area contributed by atoms with E-state index < -0.39 is 11.5 Å². The molecule has 0 bridgehead atoms. The predicted octanol–water partition coefficient (Wildman–Crippen LogP) is -0.658. The van der Waals surface area contributed by atoms with Gasteiger partial charge in [-0.15, -0.1) is 0 Å². The third-order valence-corrected chi connectivity index (χ3v) is 0.312. The van der Waals surface area contributed by atoms with Gasteiger partial charge in [0, 0.05) is 32.2 Å².